The number of pyridine rings is 1. The predicted molar refractivity (Wildman–Crippen MR) is 76.6 cm³/mol. The van der Waals surface area contributed by atoms with Gasteiger partial charge >= 0.3 is 6.18 Å². The highest BCUT2D eigenvalue weighted by Gasteiger charge is 2.33. The molecule has 0 fully saturated rings. The number of primary amides is 1. The Morgan fingerprint density at radius 1 is 1.33 bits per heavy atom. The van der Waals surface area contributed by atoms with Gasteiger partial charge in [-0.2, -0.15) is 13.2 Å². The Bertz CT molecular complexity index is 572. The van der Waals surface area contributed by atoms with Gasteiger partial charge in [0.2, 0.25) is 5.91 Å². The zero-order valence-corrected chi connectivity index (χ0v) is 12.2. The minimum atomic E-state index is -4.59. The van der Waals surface area contributed by atoms with Crippen molar-refractivity contribution in [3.05, 3.63) is 23.4 Å². The Balaban J connectivity index is 3.13. The summed E-state index contributed by atoms with van der Waals surface area (Å²) in [6, 6.07) is 1.93. The van der Waals surface area contributed by atoms with Crippen LogP contribution < -0.4 is 16.8 Å². The van der Waals surface area contributed by atoms with Gasteiger partial charge in [0.15, 0.2) is 0 Å². The van der Waals surface area contributed by atoms with Crippen LogP contribution in [0.4, 0.5) is 19.0 Å². The standard InChI is InChI=1S/C12H15F3N4OS/c1-11(2,10(17)20)5-18-9-6(8(16)21)3-4-7(19-9)12(13,14)15/h3-4H,5H2,1-2H3,(H2,16,21)(H2,17,20)(H,18,19). The van der Waals surface area contributed by atoms with Gasteiger partial charge in [0.05, 0.1) is 11.0 Å². The number of aromatic nitrogens is 1. The van der Waals surface area contributed by atoms with Crippen molar-refractivity contribution in [3.8, 4) is 0 Å². The van der Waals surface area contributed by atoms with Crippen LogP contribution in [0.25, 0.3) is 0 Å². The lowest BCUT2D eigenvalue weighted by atomic mass is 9.93. The van der Waals surface area contributed by atoms with E-state index in [-0.39, 0.29) is 22.9 Å². The Morgan fingerprint density at radius 2 is 1.90 bits per heavy atom. The number of hydrogen-bond acceptors (Lipinski definition) is 4. The maximum atomic E-state index is 12.7. The average molecular weight is 320 g/mol. The topological polar surface area (TPSA) is 94.0 Å². The molecule has 0 unspecified atom stereocenters. The van der Waals surface area contributed by atoms with E-state index in [4.69, 9.17) is 23.7 Å². The summed E-state index contributed by atoms with van der Waals surface area (Å²) in [7, 11) is 0. The number of amides is 1. The number of nitrogens with two attached hydrogens (primary N) is 2. The maximum Gasteiger partial charge on any atom is 0.433 e. The number of nitrogens with one attached hydrogen (secondary N) is 1. The second kappa shape index (κ2) is 5.84. The van der Waals surface area contributed by atoms with Gasteiger partial charge in [-0.3, -0.25) is 4.79 Å². The molecular weight excluding hydrogens is 305 g/mol. The highest BCUT2D eigenvalue weighted by Crippen LogP contribution is 2.29. The summed E-state index contributed by atoms with van der Waals surface area (Å²) in [6.45, 7) is 3.10. The lowest BCUT2D eigenvalue weighted by Gasteiger charge is -2.22. The third kappa shape index (κ3) is 4.28. The molecule has 0 aromatic carbocycles. The normalized spacial score (nSPS) is 12.0. The van der Waals surface area contributed by atoms with Gasteiger partial charge in [0, 0.05) is 6.54 Å². The monoisotopic (exact) mass is 320 g/mol. The first kappa shape index (κ1) is 17.2. The van der Waals surface area contributed by atoms with E-state index in [0.717, 1.165) is 12.1 Å². The van der Waals surface area contributed by atoms with Crippen LogP contribution in [-0.2, 0) is 11.0 Å². The van der Waals surface area contributed by atoms with E-state index in [9.17, 15) is 18.0 Å². The molecule has 1 amide bonds. The van der Waals surface area contributed by atoms with Gasteiger partial charge in [0.25, 0.3) is 0 Å². The predicted octanol–water partition coefficient (Wildman–Crippen LogP) is 1.66. The molecule has 9 heteroatoms. The van der Waals surface area contributed by atoms with Crippen LogP contribution in [-0.4, -0.2) is 22.4 Å². The summed E-state index contributed by atoms with van der Waals surface area (Å²) in [5.74, 6) is -0.731. The minimum Gasteiger partial charge on any atom is -0.389 e. The molecule has 5 N–H and O–H groups in total. The Hall–Kier alpha value is -1.90. The molecule has 0 aliphatic carbocycles. The molecule has 0 spiro atoms. The summed E-state index contributed by atoms with van der Waals surface area (Å²) >= 11 is 4.77. The number of carbonyl (C=O) groups excluding carboxylic acids is 1. The van der Waals surface area contributed by atoms with E-state index in [1.54, 1.807) is 13.8 Å². The van der Waals surface area contributed by atoms with Crippen LogP contribution in [0.5, 0.6) is 0 Å². The van der Waals surface area contributed by atoms with Crippen LogP contribution in [0.2, 0.25) is 0 Å². The summed E-state index contributed by atoms with van der Waals surface area (Å²) in [5, 5.41) is 2.65. The van der Waals surface area contributed by atoms with Gasteiger partial charge < -0.3 is 16.8 Å². The first-order chi connectivity index (χ1) is 9.45. The van der Waals surface area contributed by atoms with Crippen molar-refractivity contribution in [2.75, 3.05) is 11.9 Å². The highest BCUT2D eigenvalue weighted by molar-refractivity contribution is 7.80. The first-order valence-corrected chi connectivity index (χ1v) is 6.28. The summed E-state index contributed by atoms with van der Waals surface area (Å²) in [6.07, 6.45) is -4.59. The molecule has 0 saturated carbocycles. The number of halogens is 3. The molecule has 0 saturated heterocycles. The fourth-order valence-corrected chi connectivity index (χ4v) is 1.51. The number of alkyl halides is 3. The molecule has 1 rings (SSSR count). The molecule has 1 aromatic heterocycles. The van der Waals surface area contributed by atoms with Gasteiger partial charge in [-0.25, -0.2) is 4.98 Å². The molecule has 0 aliphatic rings. The molecule has 0 aliphatic heterocycles. The molecule has 0 atom stereocenters. The van der Waals surface area contributed by atoms with Gasteiger partial charge in [-0.15, -0.1) is 0 Å². The van der Waals surface area contributed by atoms with E-state index in [0.29, 0.717) is 0 Å². The number of nitrogens with zero attached hydrogens (tertiary/aromatic N) is 1. The summed E-state index contributed by atoms with van der Waals surface area (Å²) in [5.41, 5.74) is 8.77. The molecular formula is C12H15F3N4OS. The van der Waals surface area contributed by atoms with Crippen LogP contribution in [0.1, 0.15) is 25.1 Å². The molecule has 116 valence electrons. The zero-order chi connectivity index (χ0) is 16.4. The van der Waals surface area contributed by atoms with E-state index < -0.39 is 23.2 Å². The van der Waals surface area contributed by atoms with Crippen molar-refractivity contribution in [1.82, 2.24) is 4.98 Å². The van der Waals surface area contributed by atoms with E-state index >= 15 is 0 Å². The second-order valence-corrected chi connectivity index (χ2v) is 5.50. The van der Waals surface area contributed by atoms with E-state index in [2.05, 4.69) is 10.3 Å². The van der Waals surface area contributed by atoms with Crippen LogP contribution in [0, 0.1) is 5.41 Å². The highest BCUT2D eigenvalue weighted by atomic mass is 32.1. The first-order valence-electron chi connectivity index (χ1n) is 5.87. The molecule has 21 heavy (non-hydrogen) atoms. The number of hydrogen-bond donors (Lipinski definition) is 3. The fourth-order valence-electron chi connectivity index (χ4n) is 1.34. The van der Waals surface area contributed by atoms with E-state index in [1.807, 2.05) is 0 Å². The van der Waals surface area contributed by atoms with Gasteiger partial charge in [-0.05, 0) is 26.0 Å². The molecule has 0 bridgehead atoms. The van der Waals surface area contributed by atoms with Crippen molar-refractivity contribution in [3.63, 3.8) is 0 Å². The van der Waals surface area contributed by atoms with Crippen molar-refractivity contribution in [2.45, 2.75) is 20.0 Å². The maximum absolute atomic E-state index is 12.7. The number of anilines is 1. The minimum absolute atomic E-state index is 0.00768. The number of rotatable bonds is 5. The Labute approximate surface area is 124 Å². The van der Waals surface area contributed by atoms with E-state index in [1.165, 1.54) is 0 Å². The van der Waals surface area contributed by atoms with Crippen LogP contribution in [0.15, 0.2) is 12.1 Å². The summed E-state index contributed by atoms with van der Waals surface area (Å²) in [4.78, 5) is 14.6. The van der Waals surface area contributed by atoms with Gasteiger partial charge in [-0.1, -0.05) is 12.2 Å². The van der Waals surface area contributed by atoms with Gasteiger partial charge in [0.1, 0.15) is 16.5 Å². The third-order valence-electron chi connectivity index (χ3n) is 2.82. The Kier molecular flexibility index (Phi) is 4.77. The van der Waals surface area contributed by atoms with Crippen LogP contribution >= 0.6 is 12.2 Å². The lowest BCUT2D eigenvalue weighted by molar-refractivity contribution is -0.141. The summed E-state index contributed by atoms with van der Waals surface area (Å²) < 4.78 is 38.0. The van der Waals surface area contributed by atoms with Crippen molar-refractivity contribution >= 4 is 28.9 Å². The lowest BCUT2D eigenvalue weighted by Crippen LogP contribution is -2.38. The quantitative estimate of drug-likeness (QED) is 0.717. The third-order valence-corrected chi connectivity index (χ3v) is 3.04. The molecule has 0 radical (unpaired) electrons. The smallest absolute Gasteiger partial charge is 0.389 e. The zero-order valence-electron chi connectivity index (χ0n) is 11.4. The molecule has 1 heterocycles. The van der Waals surface area contributed by atoms with Crippen molar-refractivity contribution < 1.29 is 18.0 Å². The SMILES string of the molecule is CC(C)(CNc1nc(C(F)(F)F)ccc1C(N)=S)C(N)=O. The number of carbonyl (C=O) groups is 1. The van der Waals surface area contributed by atoms with Crippen molar-refractivity contribution in [2.24, 2.45) is 16.9 Å². The largest absolute Gasteiger partial charge is 0.433 e. The average Bonchev–Trinajstić information content (AvgIpc) is 2.34. The van der Waals surface area contributed by atoms with Crippen molar-refractivity contribution in [1.29, 1.82) is 0 Å². The number of thiocarbonyl (C=S) groups is 1. The van der Waals surface area contributed by atoms with Crippen LogP contribution in [0.3, 0.4) is 0 Å². The fraction of sp³-hybridized carbons (Fsp3) is 0.417. The second-order valence-electron chi connectivity index (χ2n) is 5.06. The molecule has 1 aromatic rings. The Morgan fingerprint density at radius 3 is 2.33 bits per heavy atom. The molecule has 5 nitrogen and oxygen atoms in total.